The molecule has 1 N–H and O–H groups in total. The predicted molar refractivity (Wildman–Crippen MR) is 111 cm³/mol. The average Bonchev–Trinajstić information content (AvgIpc) is 3.21. The normalized spacial score (nSPS) is 14.8. The minimum absolute atomic E-state index is 0.0330. The number of benzene rings is 1. The van der Waals surface area contributed by atoms with Crippen molar-refractivity contribution in [1.82, 2.24) is 24.0 Å². The Bertz CT molecular complexity index is 1200. The van der Waals surface area contributed by atoms with Gasteiger partial charge in [0.05, 0.1) is 0 Å². The molecule has 0 bridgehead atoms. The van der Waals surface area contributed by atoms with Crippen molar-refractivity contribution in [2.45, 2.75) is 0 Å². The van der Waals surface area contributed by atoms with Gasteiger partial charge in [0.25, 0.3) is 5.56 Å². The van der Waals surface area contributed by atoms with Crippen molar-refractivity contribution in [3.05, 3.63) is 62.8 Å². The zero-order valence-electron chi connectivity index (χ0n) is 16.3. The molecule has 0 atom stereocenters. The monoisotopic (exact) mass is 394 g/mol. The number of aryl methyl sites for hydroxylation is 1. The second-order valence-electron chi connectivity index (χ2n) is 7.02. The van der Waals surface area contributed by atoms with Gasteiger partial charge in [0.2, 0.25) is 11.9 Å². The van der Waals surface area contributed by atoms with Crippen LogP contribution in [-0.2, 0) is 18.9 Å². The molecule has 4 rings (SSSR count). The highest BCUT2D eigenvalue weighted by Gasteiger charge is 2.23. The van der Waals surface area contributed by atoms with E-state index >= 15 is 0 Å². The molecule has 0 radical (unpaired) electrons. The number of imidazole rings is 1. The Balaban J connectivity index is 1.47. The van der Waals surface area contributed by atoms with Crippen molar-refractivity contribution in [2.24, 2.45) is 14.1 Å². The van der Waals surface area contributed by atoms with Crippen LogP contribution in [0.3, 0.4) is 0 Å². The molecule has 3 heterocycles. The summed E-state index contributed by atoms with van der Waals surface area (Å²) in [5, 5.41) is 0. The summed E-state index contributed by atoms with van der Waals surface area (Å²) in [6, 6.07) is 9.69. The Morgan fingerprint density at radius 2 is 1.72 bits per heavy atom. The summed E-state index contributed by atoms with van der Waals surface area (Å²) in [5.41, 5.74) is 0.795. The van der Waals surface area contributed by atoms with Gasteiger partial charge in [-0.3, -0.25) is 18.7 Å². The van der Waals surface area contributed by atoms with Crippen LogP contribution in [0.25, 0.3) is 17.2 Å². The van der Waals surface area contributed by atoms with Crippen LogP contribution < -0.4 is 16.1 Å². The van der Waals surface area contributed by atoms with Crippen LogP contribution in [0.5, 0.6) is 0 Å². The zero-order valence-corrected chi connectivity index (χ0v) is 16.3. The van der Waals surface area contributed by atoms with Gasteiger partial charge in [0.1, 0.15) is 0 Å². The molecule has 9 nitrogen and oxygen atoms in total. The Morgan fingerprint density at radius 3 is 2.41 bits per heavy atom. The molecule has 1 saturated heterocycles. The van der Waals surface area contributed by atoms with Gasteiger partial charge in [-0.15, -0.1) is 0 Å². The molecule has 150 valence electrons. The first-order valence-corrected chi connectivity index (χ1v) is 9.38. The maximum atomic E-state index is 12.4. The maximum Gasteiger partial charge on any atom is 0.332 e. The van der Waals surface area contributed by atoms with Gasteiger partial charge in [-0.2, -0.15) is 4.98 Å². The number of carbonyl (C=O) groups excluding carboxylic acids is 1. The Labute approximate surface area is 166 Å². The third-order valence-corrected chi connectivity index (χ3v) is 5.19. The Morgan fingerprint density at radius 1 is 1.03 bits per heavy atom. The van der Waals surface area contributed by atoms with Crippen molar-refractivity contribution in [3.8, 4) is 0 Å². The minimum Gasteiger partial charge on any atom is -0.339 e. The van der Waals surface area contributed by atoms with Gasteiger partial charge in [0.15, 0.2) is 11.2 Å². The minimum atomic E-state index is -0.416. The lowest BCUT2D eigenvalue weighted by Crippen LogP contribution is -2.48. The summed E-state index contributed by atoms with van der Waals surface area (Å²) in [7, 11) is 3.03. The molecule has 0 unspecified atom stereocenters. The average molecular weight is 394 g/mol. The van der Waals surface area contributed by atoms with E-state index in [0.717, 1.165) is 10.1 Å². The van der Waals surface area contributed by atoms with E-state index in [1.165, 1.54) is 11.6 Å². The SMILES string of the molecule is Cn1c(=O)c2[nH]c(N3CCN(C(=O)C=Cc4ccccc4)CC3)nc2n(C)c1=O. The van der Waals surface area contributed by atoms with Gasteiger partial charge in [-0.25, -0.2) is 4.79 Å². The number of hydrogen-bond donors (Lipinski definition) is 1. The smallest absolute Gasteiger partial charge is 0.332 e. The van der Waals surface area contributed by atoms with Crippen molar-refractivity contribution >= 4 is 29.1 Å². The molecule has 1 aliphatic rings. The number of nitrogens with zero attached hydrogens (tertiary/aromatic N) is 5. The third-order valence-electron chi connectivity index (χ3n) is 5.19. The number of fused-ring (bicyclic) bond motifs is 1. The van der Waals surface area contributed by atoms with Crippen molar-refractivity contribution < 1.29 is 4.79 Å². The molecule has 1 aliphatic heterocycles. The van der Waals surface area contributed by atoms with Crippen molar-refractivity contribution in [2.75, 3.05) is 31.1 Å². The number of aromatic nitrogens is 4. The molecule has 3 aromatic rings. The van der Waals surface area contributed by atoms with E-state index in [0.29, 0.717) is 43.3 Å². The second-order valence-corrected chi connectivity index (χ2v) is 7.02. The quantitative estimate of drug-likeness (QED) is 0.646. The predicted octanol–water partition coefficient (Wildman–Crippen LogP) is 0.322. The molecule has 1 amide bonds. The van der Waals surface area contributed by atoms with Crippen LogP contribution in [-0.4, -0.2) is 56.1 Å². The van der Waals surface area contributed by atoms with Gasteiger partial charge < -0.3 is 14.8 Å². The fraction of sp³-hybridized carbons (Fsp3) is 0.300. The number of anilines is 1. The summed E-state index contributed by atoms with van der Waals surface area (Å²) >= 11 is 0. The zero-order chi connectivity index (χ0) is 20.5. The molecule has 2 aromatic heterocycles. The van der Waals surface area contributed by atoms with E-state index in [1.807, 2.05) is 41.3 Å². The number of amides is 1. The van der Waals surface area contributed by atoms with Crippen molar-refractivity contribution in [3.63, 3.8) is 0 Å². The first-order valence-electron chi connectivity index (χ1n) is 9.38. The molecule has 0 aliphatic carbocycles. The van der Waals surface area contributed by atoms with Gasteiger partial charge >= 0.3 is 5.69 Å². The van der Waals surface area contributed by atoms with Gasteiger partial charge in [-0.05, 0) is 11.6 Å². The van der Waals surface area contributed by atoms with Crippen LogP contribution >= 0.6 is 0 Å². The molecule has 1 aromatic carbocycles. The molecule has 29 heavy (non-hydrogen) atoms. The number of nitrogens with one attached hydrogen (secondary N) is 1. The highest BCUT2D eigenvalue weighted by Crippen LogP contribution is 2.16. The molecule has 0 spiro atoms. The van der Waals surface area contributed by atoms with E-state index < -0.39 is 11.2 Å². The van der Waals surface area contributed by atoms with E-state index in [9.17, 15) is 14.4 Å². The van der Waals surface area contributed by atoms with Crippen LogP contribution in [0.15, 0.2) is 46.0 Å². The summed E-state index contributed by atoms with van der Waals surface area (Å²) < 4.78 is 2.41. The fourth-order valence-electron chi connectivity index (χ4n) is 3.44. The highest BCUT2D eigenvalue weighted by atomic mass is 16.2. The Hall–Kier alpha value is -3.62. The molecule has 9 heteroatoms. The van der Waals surface area contributed by atoms with Crippen LogP contribution in [0.1, 0.15) is 5.56 Å². The molecular formula is C20H22N6O3. The van der Waals surface area contributed by atoms with Crippen LogP contribution in [0, 0.1) is 0 Å². The van der Waals surface area contributed by atoms with E-state index in [1.54, 1.807) is 18.0 Å². The molecular weight excluding hydrogens is 372 g/mol. The first kappa shape index (κ1) is 18.7. The second kappa shape index (κ2) is 7.42. The first-order chi connectivity index (χ1) is 14.0. The number of rotatable bonds is 3. The Kier molecular flexibility index (Phi) is 4.79. The van der Waals surface area contributed by atoms with E-state index in [2.05, 4.69) is 9.97 Å². The number of H-pyrrole nitrogens is 1. The molecule has 0 saturated carbocycles. The van der Waals surface area contributed by atoms with Crippen LogP contribution in [0.2, 0.25) is 0 Å². The molecule has 1 fully saturated rings. The van der Waals surface area contributed by atoms with Gasteiger partial charge in [-0.1, -0.05) is 30.3 Å². The van der Waals surface area contributed by atoms with E-state index in [-0.39, 0.29) is 5.91 Å². The summed E-state index contributed by atoms with van der Waals surface area (Å²) in [6.07, 6.45) is 3.40. The van der Waals surface area contributed by atoms with E-state index in [4.69, 9.17) is 0 Å². The van der Waals surface area contributed by atoms with Gasteiger partial charge in [0, 0.05) is 46.4 Å². The largest absolute Gasteiger partial charge is 0.339 e. The lowest BCUT2D eigenvalue weighted by atomic mass is 10.2. The number of hydrogen-bond acceptors (Lipinski definition) is 5. The lowest BCUT2D eigenvalue weighted by molar-refractivity contribution is -0.126. The summed E-state index contributed by atoms with van der Waals surface area (Å²) in [4.78, 5) is 48.1. The lowest BCUT2D eigenvalue weighted by Gasteiger charge is -2.34. The topological polar surface area (TPSA) is 96.2 Å². The number of carbonyl (C=O) groups is 1. The fourth-order valence-corrected chi connectivity index (χ4v) is 3.44. The third kappa shape index (κ3) is 3.46. The van der Waals surface area contributed by atoms with Crippen molar-refractivity contribution in [1.29, 1.82) is 0 Å². The highest BCUT2D eigenvalue weighted by molar-refractivity contribution is 5.92. The summed E-state index contributed by atoms with van der Waals surface area (Å²) in [6.45, 7) is 2.26. The van der Waals surface area contributed by atoms with Crippen LogP contribution in [0.4, 0.5) is 5.95 Å². The number of piperazine rings is 1. The maximum absolute atomic E-state index is 12.4. The standard InChI is InChI=1S/C20H22N6O3/c1-23-17-16(18(28)24(2)20(23)29)21-19(22-17)26-12-10-25(11-13-26)15(27)9-8-14-6-4-3-5-7-14/h3-9H,10-13H2,1-2H3,(H,21,22). The number of aromatic amines is 1. The summed E-state index contributed by atoms with van der Waals surface area (Å²) in [5.74, 6) is 0.500.